The lowest BCUT2D eigenvalue weighted by Crippen LogP contribution is -2.10. The Bertz CT molecular complexity index is 761. The van der Waals surface area contributed by atoms with Crippen molar-refractivity contribution in [2.45, 2.75) is 0 Å². The molecule has 19 heavy (non-hydrogen) atoms. The van der Waals surface area contributed by atoms with E-state index in [9.17, 15) is 4.79 Å². The minimum Gasteiger partial charge on any atom is -0.382 e. The van der Waals surface area contributed by atoms with Gasteiger partial charge in [0.1, 0.15) is 5.82 Å². The first-order chi connectivity index (χ1) is 9.15. The Balaban J connectivity index is 2.05. The quantitative estimate of drug-likeness (QED) is 0.621. The number of benzene rings is 1. The SMILES string of the molecule is NC(=O)c1ccc(-c2cnc3c(N)[nH]nc3n2)cc1. The highest BCUT2D eigenvalue weighted by molar-refractivity contribution is 5.93. The van der Waals surface area contributed by atoms with Crippen molar-refractivity contribution in [1.82, 2.24) is 20.2 Å². The van der Waals surface area contributed by atoms with Crippen LogP contribution in [0, 0.1) is 0 Å². The molecule has 0 bridgehead atoms. The molecule has 0 fully saturated rings. The molecule has 0 radical (unpaired) electrons. The molecule has 0 aliphatic carbocycles. The number of anilines is 1. The Labute approximate surface area is 107 Å². The number of rotatable bonds is 2. The van der Waals surface area contributed by atoms with Crippen LogP contribution in [0.25, 0.3) is 22.4 Å². The molecule has 0 unspecified atom stereocenters. The summed E-state index contributed by atoms with van der Waals surface area (Å²) >= 11 is 0. The van der Waals surface area contributed by atoms with Gasteiger partial charge in [0.2, 0.25) is 11.6 Å². The van der Waals surface area contributed by atoms with Crippen molar-refractivity contribution in [2.75, 3.05) is 5.73 Å². The van der Waals surface area contributed by atoms with Crippen molar-refractivity contribution >= 4 is 22.9 Å². The number of H-pyrrole nitrogens is 1. The van der Waals surface area contributed by atoms with Crippen molar-refractivity contribution in [1.29, 1.82) is 0 Å². The highest BCUT2D eigenvalue weighted by atomic mass is 16.1. The second-order valence-corrected chi connectivity index (χ2v) is 4.01. The molecule has 7 heteroatoms. The van der Waals surface area contributed by atoms with Gasteiger partial charge >= 0.3 is 0 Å². The number of fused-ring (bicyclic) bond motifs is 1. The van der Waals surface area contributed by atoms with Gasteiger partial charge in [0.15, 0.2) is 5.52 Å². The van der Waals surface area contributed by atoms with Gasteiger partial charge in [-0.05, 0) is 12.1 Å². The Hall–Kier alpha value is -2.96. The fourth-order valence-corrected chi connectivity index (χ4v) is 1.76. The van der Waals surface area contributed by atoms with E-state index in [2.05, 4.69) is 20.2 Å². The van der Waals surface area contributed by atoms with Gasteiger partial charge in [0.05, 0.1) is 11.9 Å². The third-order valence-electron chi connectivity index (χ3n) is 2.76. The molecule has 1 amide bonds. The predicted octanol–water partition coefficient (Wildman–Crippen LogP) is 0.701. The number of nitrogens with two attached hydrogens (primary N) is 2. The molecule has 0 spiro atoms. The summed E-state index contributed by atoms with van der Waals surface area (Å²) in [6.07, 6.45) is 1.60. The smallest absolute Gasteiger partial charge is 0.248 e. The van der Waals surface area contributed by atoms with Crippen molar-refractivity contribution in [3.8, 4) is 11.3 Å². The maximum Gasteiger partial charge on any atom is 0.248 e. The third kappa shape index (κ3) is 1.86. The molecule has 7 nitrogen and oxygen atoms in total. The average Bonchev–Trinajstić information content (AvgIpc) is 2.80. The zero-order chi connectivity index (χ0) is 13.4. The predicted molar refractivity (Wildman–Crippen MR) is 70.0 cm³/mol. The molecule has 0 saturated carbocycles. The van der Waals surface area contributed by atoms with E-state index in [4.69, 9.17) is 11.5 Å². The van der Waals surface area contributed by atoms with Crippen molar-refractivity contribution < 1.29 is 4.79 Å². The molecule has 94 valence electrons. The average molecular weight is 254 g/mol. The highest BCUT2D eigenvalue weighted by Crippen LogP contribution is 2.20. The Morgan fingerprint density at radius 1 is 1.21 bits per heavy atom. The summed E-state index contributed by atoms with van der Waals surface area (Å²) in [6.45, 7) is 0. The van der Waals surface area contributed by atoms with E-state index in [1.54, 1.807) is 30.5 Å². The van der Waals surface area contributed by atoms with Crippen LogP contribution in [-0.4, -0.2) is 26.1 Å². The van der Waals surface area contributed by atoms with E-state index in [0.717, 1.165) is 5.56 Å². The van der Waals surface area contributed by atoms with E-state index < -0.39 is 5.91 Å². The molecule has 5 N–H and O–H groups in total. The summed E-state index contributed by atoms with van der Waals surface area (Å²) < 4.78 is 0. The Kier molecular flexibility index (Phi) is 2.38. The number of carbonyl (C=O) groups is 1. The molecular formula is C12H10N6O. The zero-order valence-corrected chi connectivity index (χ0v) is 9.79. The molecule has 0 aliphatic heterocycles. The molecule has 1 aromatic carbocycles. The van der Waals surface area contributed by atoms with E-state index in [0.29, 0.717) is 28.2 Å². The second-order valence-electron chi connectivity index (χ2n) is 4.01. The maximum atomic E-state index is 11.0. The van der Waals surface area contributed by atoms with Crippen LogP contribution in [-0.2, 0) is 0 Å². The number of carbonyl (C=O) groups excluding carboxylic acids is 1. The zero-order valence-electron chi connectivity index (χ0n) is 9.79. The molecular weight excluding hydrogens is 244 g/mol. The third-order valence-corrected chi connectivity index (χ3v) is 2.76. The molecule has 3 aromatic rings. The summed E-state index contributed by atoms with van der Waals surface area (Å²) in [4.78, 5) is 19.5. The number of hydrogen-bond acceptors (Lipinski definition) is 5. The molecule has 0 aliphatic rings. The van der Waals surface area contributed by atoms with Crippen molar-refractivity contribution in [3.63, 3.8) is 0 Å². The summed E-state index contributed by atoms with van der Waals surface area (Å²) in [6, 6.07) is 6.79. The minimum absolute atomic E-state index is 0.387. The van der Waals surface area contributed by atoms with Crippen LogP contribution < -0.4 is 11.5 Å². The summed E-state index contributed by atoms with van der Waals surface area (Å²) in [5.74, 6) is -0.0775. The Morgan fingerprint density at radius 3 is 2.63 bits per heavy atom. The van der Waals surface area contributed by atoms with Crippen LogP contribution in [0.4, 0.5) is 5.82 Å². The van der Waals surface area contributed by atoms with E-state index in [-0.39, 0.29) is 0 Å². The van der Waals surface area contributed by atoms with E-state index >= 15 is 0 Å². The fraction of sp³-hybridized carbons (Fsp3) is 0. The number of aromatic nitrogens is 4. The number of nitrogens with one attached hydrogen (secondary N) is 1. The van der Waals surface area contributed by atoms with Gasteiger partial charge in [-0.15, -0.1) is 0 Å². The molecule has 0 saturated heterocycles. The molecule has 0 atom stereocenters. The van der Waals surface area contributed by atoms with Gasteiger partial charge in [0, 0.05) is 11.1 Å². The first-order valence-electron chi connectivity index (χ1n) is 5.52. The van der Waals surface area contributed by atoms with E-state index in [1.165, 1.54) is 0 Å². The maximum absolute atomic E-state index is 11.0. The molecule has 3 rings (SSSR count). The lowest BCUT2D eigenvalue weighted by molar-refractivity contribution is 0.100. The van der Waals surface area contributed by atoms with Crippen LogP contribution in [0.15, 0.2) is 30.5 Å². The molecule has 2 heterocycles. The first kappa shape index (κ1) is 11.1. The van der Waals surface area contributed by atoms with Gasteiger partial charge in [-0.25, -0.2) is 9.97 Å². The highest BCUT2D eigenvalue weighted by Gasteiger charge is 2.08. The first-order valence-corrected chi connectivity index (χ1v) is 5.52. The summed E-state index contributed by atoms with van der Waals surface area (Å²) in [5.41, 5.74) is 13.7. The number of aromatic amines is 1. The van der Waals surface area contributed by atoms with Crippen molar-refractivity contribution in [2.24, 2.45) is 5.73 Å². The lowest BCUT2D eigenvalue weighted by atomic mass is 10.1. The lowest BCUT2D eigenvalue weighted by Gasteiger charge is -2.01. The van der Waals surface area contributed by atoms with E-state index in [1.807, 2.05) is 0 Å². The van der Waals surface area contributed by atoms with Gasteiger partial charge in [-0.3, -0.25) is 9.89 Å². The van der Waals surface area contributed by atoms with Crippen LogP contribution in [0.5, 0.6) is 0 Å². The van der Waals surface area contributed by atoms with Gasteiger partial charge < -0.3 is 11.5 Å². The van der Waals surface area contributed by atoms with Gasteiger partial charge in [0.25, 0.3) is 0 Å². The number of nitrogen functional groups attached to an aromatic ring is 1. The van der Waals surface area contributed by atoms with Gasteiger partial charge in [-0.1, -0.05) is 12.1 Å². The topological polar surface area (TPSA) is 124 Å². The van der Waals surface area contributed by atoms with Crippen molar-refractivity contribution in [3.05, 3.63) is 36.0 Å². The number of primary amides is 1. The van der Waals surface area contributed by atoms with Crippen LogP contribution in [0.2, 0.25) is 0 Å². The summed E-state index contributed by atoms with van der Waals surface area (Å²) in [5, 5.41) is 6.57. The largest absolute Gasteiger partial charge is 0.382 e. The number of amides is 1. The minimum atomic E-state index is -0.465. The molecule has 2 aromatic heterocycles. The van der Waals surface area contributed by atoms with Gasteiger partial charge in [-0.2, -0.15) is 5.10 Å². The van der Waals surface area contributed by atoms with Crippen LogP contribution in [0.3, 0.4) is 0 Å². The second kappa shape index (κ2) is 4.05. The summed E-state index contributed by atoms with van der Waals surface area (Å²) in [7, 11) is 0. The number of nitrogens with zero attached hydrogens (tertiary/aromatic N) is 3. The van der Waals surface area contributed by atoms with Crippen LogP contribution >= 0.6 is 0 Å². The van der Waals surface area contributed by atoms with Crippen LogP contribution in [0.1, 0.15) is 10.4 Å². The monoisotopic (exact) mass is 254 g/mol. The normalized spacial score (nSPS) is 10.7. The standard InChI is InChI=1S/C12H10N6O/c13-10-9-12(18-17-10)16-8(5-15-9)6-1-3-7(4-2-6)11(14)19/h1-5H,(H2,14,19)(H3,13,16,17,18). The Morgan fingerprint density at radius 2 is 1.95 bits per heavy atom. The fourth-order valence-electron chi connectivity index (χ4n) is 1.76. The number of hydrogen-bond donors (Lipinski definition) is 3.